The van der Waals surface area contributed by atoms with Crippen molar-refractivity contribution < 1.29 is 41.7 Å². The Kier molecular flexibility index (Phi) is 8.69. The fourth-order valence-electron chi connectivity index (χ4n) is 3.12. The largest absolute Gasteiger partial charge is 0.490 e. The van der Waals surface area contributed by atoms with Crippen LogP contribution < -0.4 is 4.90 Å². The normalized spacial score (nSPS) is 22.0. The minimum Gasteiger partial charge on any atom is -0.475 e. The molecule has 1 atom stereocenters. The third kappa shape index (κ3) is 7.53. The zero-order valence-electron chi connectivity index (χ0n) is 17.6. The minimum absolute atomic E-state index is 0.0478. The summed E-state index contributed by atoms with van der Waals surface area (Å²) in [6.45, 7) is 4.25. The number of carbonyl (C=O) groups excluding carboxylic acids is 1. The van der Waals surface area contributed by atoms with Gasteiger partial charge in [0.15, 0.2) is 5.82 Å². The summed E-state index contributed by atoms with van der Waals surface area (Å²) < 4.78 is 56.6. The number of anilines is 1. The van der Waals surface area contributed by atoms with Gasteiger partial charge in [-0.3, -0.25) is 9.69 Å². The molecule has 1 N–H and O–H groups in total. The van der Waals surface area contributed by atoms with E-state index >= 15 is 0 Å². The Balaban J connectivity index is 0.000000451. The van der Waals surface area contributed by atoms with Crippen molar-refractivity contribution >= 4 is 17.8 Å². The molecule has 0 bridgehead atoms. The van der Waals surface area contributed by atoms with Crippen LogP contribution in [-0.4, -0.2) is 115 Å². The SMILES string of the molecule is CN(C)C(=O)CN1CCOCC2(C1)CN(c1ncc(F)cn1)CCO2.O=C(O)C(F)(F)F. The van der Waals surface area contributed by atoms with Crippen molar-refractivity contribution in [2.45, 2.75) is 11.8 Å². The number of carboxylic acids is 1. The average Bonchev–Trinajstić information content (AvgIpc) is 2.90. The highest BCUT2D eigenvalue weighted by Crippen LogP contribution is 2.24. The number of alkyl halides is 3. The van der Waals surface area contributed by atoms with E-state index in [1.807, 2.05) is 4.90 Å². The van der Waals surface area contributed by atoms with Crippen molar-refractivity contribution in [2.75, 3.05) is 71.5 Å². The van der Waals surface area contributed by atoms with Gasteiger partial charge in [0.05, 0.1) is 45.3 Å². The molecule has 180 valence electrons. The van der Waals surface area contributed by atoms with Crippen LogP contribution in [-0.2, 0) is 19.1 Å². The molecule has 0 radical (unpaired) electrons. The lowest BCUT2D eigenvalue weighted by Crippen LogP contribution is -2.59. The zero-order chi connectivity index (χ0) is 23.9. The molecule has 32 heavy (non-hydrogen) atoms. The maximum Gasteiger partial charge on any atom is 0.490 e. The number of nitrogens with zero attached hydrogens (tertiary/aromatic N) is 5. The van der Waals surface area contributed by atoms with Crippen LogP contribution in [0.1, 0.15) is 0 Å². The van der Waals surface area contributed by atoms with Crippen LogP contribution in [0, 0.1) is 5.82 Å². The van der Waals surface area contributed by atoms with Crippen LogP contribution in [0.15, 0.2) is 12.4 Å². The molecule has 1 unspecified atom stereocenters. The van der Waals surface area contributed by atoms with E-state index in [0.717, 1.165) is 12.4 Å². The first-order valence-corrected chi connectivity index (χ1v) is 9.59. The van der Waals surface area contributed by atoms with E-state index in [1.165, 1.54) is 0 Å². The molecular formula is C18H25F4N5O5. The Labute approximate surface area is 181 Å². The number of halogens is 4. The lowest BCUT2D eigenvalue weighted by atomic mass is 10.0. The van der Waals surface area contributed by atoms with Gasteiger partial charge in [0.25, 0.3) is 0 Å². The number of morpholine rings is 1. The third-order valence-corrected chi connectivity index (χ3v) is 4.67. The van der Waals surface area contributed by atoms with Crippen molar-refractivity contribution in [1.29, 1.82) is 0 Å². The Hall–Kier alpha value is -2.58. The fourth-order valence-corrected chi connectivity index (χ4v) is 3.12. The van der Waals surface area contributed by atoms with Crippen molar-refractivity contribution in [3.05, 3.63) is 18.2 Å². The Morgan fingerprint density at radius 1 is 1.19 bits per heavy atom. The fraction of sp³-hybridized carbons (Fsp3) is 0.667. The van der Waals surface area contributed by atoms with Crippen LogP contribution in [0.2, 0.25) is 0 Å². The van der Waals surface area contributed by atoms with Gasteiger partial charge in [0.2, 0.25) is 11.9 Å². The molecule has 2 saturated heterocycles. The van der Waals surface area contributed by atoms with Crippen molar-refractivity contribution in [1.82, 2.24) is 19.8 Å². The number of ether oxygens (including phenoxy) is 2. The van der Waals surface area contributed by atoms with Gasteiger partial charge in [-0.25, -0.2) is 19.2 Å². The van der Waals surface area contributed by atoms with Crippen LogP contribution in [0.25, 0.3) is 0 Å². The molecule has 1 amide bonds. The summed E-state index contributed by atoms with van der Waals surface area (Å²) in [6, 6.07) is 0. The van der Waals surface area contributed by atoms with Gasteiger partial charge in [0.1, 0.15) is 5.60 Å². The van der Waals surface area contributed by atoms with Gasteiger partial charge >= 0.3 is 12.1 Å². The van der Waals surface area contributed by atoms with Gasteiger partial charge < -0.3 is 24.4 Å². The molecule has 2 aliphatic heterocycles. The first-order chi connectivity index (χ1) is 14.9. The number of carboxylic acid groups (broad SMARTS) is 1. The molecular weight excluding hydrogens is 442 g/mol. The van der Waals surface area contributed by atoms with E-state index in [2.05, 4.69) is 14.9 Å². The monoisotopic (exact) mass is 467 g/mol. The van der Waals surface area contributed by atoms with Gasteiger partial charge in [-0.2, -0.15) is 13.2 Å². The summed E-state index contributed by atoms with van der Waals surface area (Å²) in [5.41, 5.74) is -0.556. The molecule has 0 aliphatic carbocycles. The van der Waals surface area contributed by atoms with Gasteiger partial charge in [0, 0.05) is 33.7 Å². The quantitative estimate of drug-likeness (QED) is 0.626. The van der Waals surface area contributed by atoms with Crippen LogP contribution >= 0.6 is 0 Å². The van der Waals surface area contributed by atoms with Crippen LogP contribution in [0.3, 0.4) is 0 Å². The van der Waals surface area contributed by atoms with E-state index in [-0.39, 0.29) is 5.91 Å². The standard InChI is InChI=1S/C16H24FN5O3.C2HF3O2/c1-20(2)14(23)9-21-3-5-24-12-16(10-21)11-22(4-6-25-16)15-18-7-13(17)8-19-15;3-2(4,5)1(6)7/h7-8H,3-6,9-12H2,1-2H3;(H,6,7). The van der Waals surface area contributed by atoms with E-state index < -0.39 is 23.6 Å². The lowest BCUT2D eigenvalue weighted by molar-refractivity contribution is -0.192. The second kappa shape index (κ2) is 10.8. The van der Waals surface area contributed by atoms with Crippen molar-refractivity contribution in [3.8, 4) is 0 Å². The molecule has 3 rings (SSSR count). The van der Waals surface area contributed by atoms with Crippen LogP contribution in [0.4, 0.5) is 23.5 Å². The molecule has 2 fully saturated rings. The Morgan fingerprint density at radius 3 is 2.38 bits per heavy atom. The average molecular weight is 467 g/mol. The molecule has 0 aromatic carbocycles. The number of hydrogen-bond acceptors (Lipinski definition) is 8. The molecule has 2 aliphatic rings. The number of rotatable bonds is 3. The highest BCUT2D eigenvalue weighted by atomic mass is 19.4. The summed E-state index contributed by atoms with van der Waals surface area (Å²) in [5, 5.41) is 7.12. The first-order valence-electron chi connectivity index (χ1n) is 9.59. The molecule has 3 heterocycles. The first kappa shape index (κ1) is 25.7. The molecule has 1 spiro atoms. The summed E-state index contributed by atoms with van der Waals surface area (Å²) >= 11 is 0. The number of aromatic nitrogens is 2. The topological polar surface area (TPSA) is 108 Å². The van der Waals surface area contributed by atoms with Gasteiger partial charge in [-0.1, -0.05) is 0 Å². The molecule has 14 heteroatoms. The van der Waals surface area contributed by atoms with Crippen LogP contribution in [0.5, 0.6) is 0 Å². The predicted molar refractivity (Wildman–Crippen MR) is 103 cm³/mol. The second-order valence-corrected chi connectivity index (χ2v) is 7.51. The summed E-state index contributed by atoms with van der Waals surface area (Å²) in [4.78, 5) is 34.7. The highest BCUT2D eigenvalue weighted by molar-refractivity contribution is 5.77. The number of hydrogen-bond donors (Lipinski definition) is 1. The van der Waals surface area contributed by atoms with Crippen molar-refractivity contribution in [2.24, 2.45) is 0 Å². The van der Waals surface area contributed by atoms with E-state index in [0.29, 0.717) is 58.5 Å². The Morgan fingerprint density at radius 2 is 1.81 bits per heavy atom. The van der Waals surface area contributed by atoms with E-state index in [1.54, 1.807) is 19.0 Å². The number of aliphatic carboxylic acids is 1. The van der Waals surface area contributed by atoms with E-state index in [9.17, 15) is 22.4 Å². The third-order valence-electron chi connectivity index (χ3n) is 4.67. The zero-order valence-corrected chi connectivity index (χ0v) is 17.6. The van der Waals surface area contributed by atoms with Gasteiger partial charge in [-0.15, -0.1) is 0 Å². The number of carbonyl (C=O) groups is 2. The van der Waals surface area contributed by atoms with Crippen molar-refractivity contribution in [3.63, 3.8) is 0 Å². The molecule has 0 saturated carbocycles. The Bertz CT molecular complexity index is 780. The molecule has 1 aromatic heterocycles. The summed E-state index contributed by atoms with van der Waals surface area (Å²) in [7, 11) is 3.49. The lowest BCUT2D eigenvalue weighted by Gasteiger charge is -2.43. The maximum atomic E-state index is 13.1. The van der Waals surface area contributed by atoms with E-state index in [4.69, 9.17) is 19.4 Å². The highest BCUT2D eigenvalue weighted by Gasteiger charge is 2.41. The minimum atomic E-state index is -5.08. The molecule has 1 aromatic rings. The predicted octanol–water partition coefficient (Wildman–Crippen LogP) is 0.245. The summed E-state index contributed by atoms with van der Waals surface area (Å²) in [6.07, 6.45) is -2.76. The summed E-state index contributed by atoms with van der Waals surface area (Å²) in [5.74, 6) is -2.69. The maximum absolute atomic E-state index is 13.1. The smallest absolute Gasteiger partial charge is 0.475 e. The number of amides is 1. The second-order valence-electron chi connectivity index (χ2n) is 7.51. The number of likely N-dealkylation sites (N-methyl/N-ethyl adjacent to an activating group) is 1. The van der Waals surface area contributed by atoms with Gasteiger partial charge in [-0.05, 0) is 0 Å². The molecule has 10 nitrogen and oxygen atoms in total.